The van der Waals surface area contributed by atoms with Gasteiger partial charge in [-0.1, -0.05) is 6.92 Å². The molecule has 0 saturated carbocycles. The molecule has 0 spiro atoms. The lowest BCUT2D eigenvalue weighted by atomic mass is 9.89. The molecule has 33 heavy (non-hydrogen) atoms. The van der Waals surface area contributed by atoms with Crippen LogP contribution in [0.1, 0.15) is 46.0 Å². The minimum atomic E-state index is -1.39. The van der Waals surface area contributed by atoms with Gasteiger partial charge in [-0.15, -0.1) is 0 Å². The van der Waals surface area contributed by atoms with Crippen LogP contribution in [0.5, 0.6) is 0 Å². The molecule has 2 heterocycles. The molecule has 2 rings (SSSR count). The molecule has 2 aliphatic heterocycles. The first-order valence-electron chi connectivity index (χ1n) is 11.7. The van der Waals surface area contributed by atoms with Gasteiger partial charge in [0.1, 0.15) is 18.3 Å². The molecule has 0 aromatic heterocycles. The Morgan fingerprint density at radius 1 is 1.03 bits per heavy atom. The number of hydrogen-bond acceptors (Lipinski definition) is 8. The summed E-state index contributed by atoms with van der Waals surface area (Å²) in [6.07, 6.45) is -3.04. The first-order chi connectivity index (χ1) is 15.6. The Bertz CT molecular complexity index is 664. The van der Waals surface area contributed by atoms with Gasteiger partial charge in [-0.2, -0.15) is 0 Å². The first-order valence-corrected chi connectivity index (χ1v) is 11.7. The van der Waals surface area contributed by atoms with Gasteiger partial charge >= 0.3 is 0 Å². The van der Waals surface area contributed by atoms with E-state index in [4.69, 9.17) is 9.47 Å². The number of amides is 3. The Hall–Kier alpha value is -1.79. The number of carbonyl (C=O) groups is 3. The second-order valence-electron chi connectivity index (χ2n) is 9.06. The van der Waals surface area contributed by atoms with Gasteiger partial charge in [0, 0.05) is 39.5 Å². The van der Waals surface area contributed by atoms with E-state index in [0.29, 0.717) is 45.2 Å². The van der Waals surface area contributed by atoms with E-state index in [-0.39, 0.29) is 42.7 Å². The molecular weight excluding hydrogens is 434 g/mol. The minimum Gasteiger partial charge on any atom is -0.388 e. The molecule has 2 saturated heterocycles. The third kappa shape index (κ3) is 8.18. The third-order valence-corrected chi connectivity index (χ3v) is 6.20. The lowest BCUT2D eigenvalue weighted by Gasteiger charge is -2.39. The molecule has 5 N–H and O–H groups in total. The van der Waals surface area contributed by atoms with E-state index in [2.05, 4.69) is 10.6 Å². The first kappa shape index (κ1) is 27.5. The summed E-state index contributed by atoms with van der Waals surface area (Å²) in [5, 5.41) is 34.8. The Morgan fingerprint density at radius 2 is 1.73 bits per heavy atom. The highest BCUT2D eigenvalue weighted by molar-refractivity contribution is 5.81. The van der Waals surface area contributed by atoms with Crippen LogP contribution in [0.4, 0.5) is 0 Å². The maximum atomic E-state index is 12.6. The van der Waals surface area contributed by atoms with Crippen LogP contribution in [0.15, 0.2) is 0 Å². The number of likely N-dealkylation sites (tertiary alicyclic amines) is 1. The Morgan fingerprint density at radius 3 is 2.42 bits per heavy atom. The summed E-state index contributed by atoms with van der Waals surface area (Å²) >= 11 is 0. The summed E-state index contributed by atoms with van der Waals surface area (Å²) in [4.78, 5) is 38.2. The molecular formula is C22H39N3O8. The van der Waals surface area contributed by atoms with Crippen molar-refractivity contribution in [3.05, 3.63) is 0 Å². The Labute approximate surface area is 194 Å². The molecule has 0 aromatic rings. The number of hydrogen-bond donors (Lipinski definition) is 5. The summed E-state index contributed by atoms with van der Waals surface area (Å²) in [5.41, 5.74) is 0. The molecule has 0 radical (unpaired) electrons. The molecule has 11 nitrogen and oxygen atoms in total. The van der Waals surface area contributed by atoms with Gasteiger partial charge in [0.05, 0.1) is 18.6 Å². The monoisotopic (exact) mass is 473 g/mol. The van der Waals surface area contributed by atoms with Crippen LogP contribution in [-0.2, 0) is 23.9 Å². The van der Waals surface area contributed by atoms with E-state index in [1.807, 2.05) is 6.92 Å². The van der Waals surface area contributed by atoms with Crippen LogP contribution >= 0.6 is 0 Å². The van der Waals surface area contributed by atoms with Gasteiger partial charge in [-0.3, -0.25) is 14.4 Å². The number of nitrogens with one attached hydrogen (secondary N) is 2. The van der Waals surface area contributed by atoms with Gasteiger partial charge in [0.25, 0.3) is 0 Å². The van der Waals surface area contributed by atoms with Crippen molar-refractivity contribution in [2.45, 2.75) is 76.7 Å². The van der Waals surface area contributed by atoms with Crippen molar-refractivity contribution in [3.8, 4) is 0 Å². The van der Waals surface area contributed by atoms with Crippen LogP contribution in [0.25, 0.3) is 0 Å². The van der Waals surface area contributed by atoms with Crippen LogP contribution in [0.3, 0.4) is 0 Å². The second kappa shape index (κ2) is 13.2. The molecule has 2 aliphatic rings. The fourth-order valence-corrected chi connectivity index (χ4v) is 4.23. The van der Waals surface area contributed by atoms with Crippen LogP contribution < -0.4 is 10.6 Å². The van der Waals surface area contributed by atoms with E-state index in [1.54, 1.807) is 18.9 Å². The number of carbonyl (C=O) groups excluding carboxylic acids is 3. The lowest BCUT2D eigenvalue weighted by Crippen LogP contribution is -2.57. The standard InChI is InChI=1S/C22H39N3O8/c1-13-10-15(12-25(11-13)17(27)7-5-4-6-16(26)23-3)21(31)24-8-9-32-22-20(30)19(29)18(28)14(2)33-22/h13-15,18-20,22,28-30H,4-12H2,1-3H3,(H,23,26)(H,24,31)/t13-,14+,15+,18-,19-,20+,22-/m1/s1. The number of piperidine rings is 1. The number of rotatable bonds is 10. The van der Waals surface area contributed by atoms with Crippen molar-refractivity contribution in [1.82, 2.24) is 15.5 Å². The normalized spacial score (nSPS) is 32.3. The molecule has 0 bridgehead atoms. The van der Waals surface area contributed by atoms with Gasteiger partial charge < -0.3 is 40.3 Å². The van der Waals surface area contributed by atoms with E-state index < -0.39 is 30.7 Å². The average Bonchev–Trinajstić information content (AvgIpc) is 2.80. The maximum absolute atomic E-state index is 12.6. The topological polar surface area (TPSA) is 158 Å². The highest BCUT2D eigenvalue weighted by atomic mass is 16.7. The van der Waals surface area contributed by atoms with E-state index in [0.717, 1.165) is 0 Å². The lowest BCUT2D eigenvalue weighted by molar-refractivity contribution is -0.292. The molecule has 2 fully saturated rings. The van der Waals surface area contributed by atoms with Crippen LogP contribution in [0, 0.1) is 11.8 Å². The smallest absolute Gasteiger partial charge is 0.224 e. The molecule has 7 atom stereocenters. The molecule has 11 heteroatoms. The quantitative estimate of drug-likeness (QED) is 0.246. The van der Waals surface area contributed by atoms with E-state index in [1.165, 1.54) is 0 Å². The van der Waals surface area contributed by atoms with E-state index >= 15 is 0 Å². The summed E-state index contributed by atoms with van der Waals surface area (Å²) in [6.45, 7) is 4.78. The van der Waals surface area contributed by atoms with E-state index in [9.17, 15) is 29.7 Å². The number of ether oxygens (including phenoxy) is 2. The summed E-state index contributed by atoms with van der Waals surface area (Å²) < 4.78 is 10.8. The third-order valence-electron chi connectivity index (χ3n) is 6.20. The van der Waals surface area contributed by atoms with Gasteiger partial charge in [-0.25, -0.2) is 0 Å². The molecule has 0 unspecified atom stereocenters. The number of aliphatic hydroxyl groups is 3. The van der Waals surface area contributed by atoms with Crippen LogP contribution in [0.2, 0.25) is 0 Å². The molecule has 190 valence electrons. The zero-order chi connectivity index (χ0) is 24.5. The highest BCUT2D eigenvalue weighted by Crippen LogP contribution is 2.23. The summed E-state index contributed by atoms with van der Waals surface area (Å²) in [6, 6.07) is 0. The fraction of sp³-hybridized carbons (Fsp3) is 0.864. The predicted octanol–water partition coefficient (Wildman–Crippen LogP) is -1.26. The zero-order valence-electron chi connectivity index (χ0n) is 19.7. The Kier molecular flexibility index (Phi) is 11.0. The molecule has 0 aromatic carbocycles. The maximum Gasteiger partial charge on any atom is 0.224 e. The number of nitrogens with zero attached hydrogens (tertiary/aromatic N) is 1. The van der Waals surface area contributed by atoms with Crippen molar-refractivity contribution < 1.29 is 39.2 Å². The van der Waals surface area contributed by atoms with Crippen molar-refractivity contribution in [2.24, 2.45) is 11.8 Å². The summed E-state index contributed by atoms with van der Waals surface area (Å²) in [7, 11) is 1.59. The largest absolute Gasteiger partial charge is 0.388 e. The highest BCUT2D eigenvalue weighted by Gasteiger charge is 2.42. The summed E-state index contributed by atoms with van der Waals surface area (Å²) in [5.74, 6) is -0.338. The molecule has 0 aliphatic carbocycles. The fourth-order valence-electron chi connectivity index (χ4n) is 4.23. The van der Waals surface area contributed by atoms with Crippen LogP contribution in [-0.4, -0.2) is 102 Å². The number of aliphatic hydroxyl groups excluding tert-OH is 3. The van der Waals surface area contributed by atoms with Crippen molar-refractivity contribution in [2.75, 3.05) is 33.3 Å². The number of unbranched alkanes of at least 4 members (excludes halogenated alkanes) is 1. The zero-order valence-corrected chi connectivity index (χ0v) is 19.7. The predicted molar refractivity (Wildman–Crippen MR) is 118 cm³/mol. The van der Waals surface area contributed by atoms with Gasteiger partial charge in [0.15, 0.2) is 6.29 Å². The average molecular weight is 474 g/mol. The Balaban J connectivity index is 1.72. The second-order valence-corrected chi connectivity index (χ2v) is 9.06. The van der Waals surface area contributed by atoms with Gasteiger partial charge in [-0.05, 0) is 32.1 Å². The SMILES string of the molecule is CNC(=O)CCCCC(=O)N1C[C@H](C)C[C@H](C(=O)NCCO[C@@H]2O[C@@H](C)[C@@H](O)[C@@H](O)[C@@H]2O)C1. The van der Waals surface area contributed by atoms with Crippen molar-refractivity contribution in [3.63, 3.8) is 0 Å². The molecule has 3 amide bonds. The van der Waals surface area contributed by atoms with Crippen molar-refractivity contribution in [1.29, 1.82) is 0 Å². The van der Waals surface area contributed by atoms with Gasteiger partial charge in [0.2, 0.25) is 17.7 Å². The van der Waals surface area contributed by atoms with Crippen molar-refractivity contribution >= 4 is 17.7 Å². The minimum absolute atomic E-state index is 0.00195.